The summed E-state index contributed by atoms with van der Waals surface area (Å²) in [5.41, 5.74) is 2.67. The van der Waals surface area contributed by atoms with Crippen LogP contribution in [0.3, 0.4) is 0 Å². The van der Waals surface area contributed by atoms with Crippen LogP contribution in [0.4, 0.5) is 5.95 Å². The molecule has 1 fully saturated rings. The van der Waals surface area contributed by atoms with Gasteiger partial charge in [0.15, 0.2) is 0 Å². The fourth-order valence-corrected chi connectivity index (χ4v) is 6.30. The van der Waals surface area contributed by atoms with E-state index in [2.05, 4.69) is 10.1 Å². The predicted octanol–water partition coefficient (Wildman–Crippen LogP) is 1.74. The molecule has 3 heterocycles. The molecule has 0 aromatic carbocycles. The van der Waals surface area contributed by atoms with Crippen molar-refractivity contribution in [3.63, 3.8) is 0 Å². The largest absolute Gasteiger partial charge is 0.347 e. The van der Waals surface area contributed by atoms with E-state index in [-0.39, 0.29) is 5.41 Å². The van der Waals surface area contributed by atoms with Crippen molar-refractivity contribution in [1.29, 1.82) is 0 Å². The van der Waals surface area contributed by atoms with Crippen LogP contribution < -0.4 is 4.90 Å². The van der Waals surface area contributed by atoms with Crippen molar-refractivity contribution in [3.8, 4) is 0 Å². The van der Waals surface area contributed by atoms with Crippen LogP contribution in [0.1, 0.15) is 43.1 Å². The van der Waals surface area contributed by atoms with Crippen molar-refractivity contribution >= 4 is 16.0 Å². The first-order chi connectivity index (χ1) is 13.3. The summed E-state index contributed by atoms with van der Waals surface area (Å²) in [7, 11) is 0.273. The van der Waals surface area contributed by atoms with Gasteiger partial charge in [-0.1, -0.05) is 0 Å². The minimum Gasteiger partial charge on any atom is -0.347 e. The van der Waals surface area contributed by atoms with Crippen LogP contribution in [-0.2, 0) is 28.4 Å². The monoisotopic (exact) mass is 404 g/mol. The van der Waals surface area contributed by atoms with Crippen LogP contribution in [0.5, 0.6) is 0 Å². The van der Waals surface area contributed by atoms with Crippen molar-refractivity contribution in [3.05, 3.63) is 29.3 Å². The zero-order valence-corrected chi connectivity index (χ0v) is 17.8. The zero-order valence-electron chi connectivity index (χ0n) is 17.0. The van der Waals surface area contributed by atoms with E-state index in [4.69, 9.17) is 4.98 Å². The summed E-state index contributed by atoms with van der Waals surface area (Å²) >= 11 is 0. The van der Waals surface area contributed by atoms with Gasteiger partial charge < -0.3 is 4.90 Å². The van der Waals surface area contributed by atoms with E-state index < -0.39 is 10.0 Å². The maximum atomic E-state index is 13.4. The molecule has 1 aliphatic heterocycles. The first kappa shape index (κ1) is 19.3. The number of hydrogen-bond donors (Lipinski definition) is 0. The number of rotatable bonds is 4. The number of fused-ring (bicyclic) bond motifs is 2. The molecular formula is C19H28N6O2S. The van der Waals surface area contributed by atoms with Gasteiger partial charge in [0.25, 0.3) is 0 Å². The molecule has 8 nitrogen and oxygen atoms in total. The summed E-state index contributed by atoms with van der Waals surface area (Å²) in [5.74, 6) is 0.681. The number of aromatic nitrogens is 4. The zero-order chi connectivity index (χ0) is 20.1. The Hall–Kier alpha value is -2.00. The molecule has 28 heavy (non-hydrogen) atoms. The maximum Gasteiger partial charge on any atom is 0.246 e. The highest BCUT2D eigenvalue weighted by Gasteiger charge is 2.47. The normalized spacial score (nSPS) is 22.6. The lowest BCUT2D eigenvalue weighted by Gasteiger charge is -2.39. The van der Waals surface area contributed by atoms with Crippen LogP contribution in [0.15, 0.2) is 17.3 Å². The SMILES string of the molecule is CCn1ncc(S(=O)(=O)N2CCCC3(CCc4cnc(N(C)C)nc43)C2)c1C. The van der Waals surface area contributed by atoms with Gasteiger partial charge in [-0.05, 0) is 45.1 Å². The smallest absolute Gasteiger partial charge is 0.246 e. The van der Waals surface area contributed by atoms with Crippen molar-refractivity contribution < 1.29 is 8.42 Å². The average Bonchev–Trinajstić information content (AvgIpc) is 3.22. The molecule has 2 aromatic heterocycles. The molecule has 0 radical (unpaired) electrons. The summed E-state index contributed by atoms with van der Waals surface area (Å²) in [6.07, 6.45) is 7.03. The van der Waals surface area contributed by atoms with E-state index in [0.717, 1.165) is 36.9 Å². The number of sulfonamides is 1. The van der Waals surface area contributed by atoms with E-state index in [1.807, 2.05) is 39.0 Å². The van der Waals surface area contributed by atoms with E-state index in [1.54, 1.807) is 8.99 Å². The van der Waals surface area contributed by atoms with Gasteiger partial charge in [0.1, 0.15) is 4.90 Å². The van der Waals surface area contributed by atoms with Crippen LogP contribution in [0, 0.1) is 6.92 Å². The highest BCUT2D eigenvalue weighted by molar-refractivity contribution is 7.89. The molecule has 2 aromatic rings. The molecule has 1 aliphatic carbocycles. The van der Waals surface area contributed by atoms with Crippen molar-refractivity contribution in [2.75, 3.05) is 32.1 Å². The lowest BCUT2D eigenvalue weighted by Crippen LogP contribution is -2.48. The second kappa shape index (κ2) is 6.81. The number of nitrogens with zero attached hydrogens (tertiary/aromatic N) is 6. The minimum absolute atomic E-state index is 0.219. The lowest BCUT2D eigenvalue weighted by atomic mass is 9.78. The van der Waals surface area contributed by atoms with Gasteiger partial charge in [0.2, 0.25) is 16.0 Å². The van der Waals surface area contributed by atoms with Gasteiger partial charge in [-0.15, -0.1) is 0 Å². The fraction of sp³-hybridized carbons (Fsp3) is 0.632. The second-order valence-electron chi connectivity index (χ2n) is 8.07. The predicted molar refractivity (Wildman–Crippen MR) is 107 cm³/mol. The Morgan fingerprint density at radius 3 is 2.71 bits per heavy atom. The number of piperidine rings is 1. The summed E-state index contributed by atoms with van der Waals surface area (Å²) in [4.78, 5) is 11.5. The molecule has 1 atom stereocenters. The fourth-order valence-electron chi connectivity index (χ4n) is 4.58. The van der Waals surface area contributed by atoms with Crippen LogP contribution in [0.2, 0.25) is 0 Å². The van der Waals surface area contributed by atoms with E-state index >= 15 is 0 Å². The second-order valence-corrected chi connectivity index (χ2v) is 9.98. The van der Waals surface area contributed by atoms with E-state index in [1.165, 1.54) is 6.20 Å². The van der Waals surface area contributed by atoms with Crippen molar-refractivity contribution in [2.45, 2.75) is 56.4 Å². The first-order valence-electron chi connectivity index (χ1n) is 9.85. The molecule has 0 amide bonds. The quantitative estimate of drug-likeness (QED) is 0.772. The third-order valence-electron chi connectivity index (χ3n) is 6.14. The molecule has 2 aliphatic rings. The molecule has 152 valence electrons. The average molecular weight is 405 g/mol. The molecule has 1 saturated heterocycles. The van der Waals surface area contributed by atoms with Gasteiger partial charge >= 0.3 is 0 Å². The standard InChI is InChI=1S/C19H28N6O2S/c1-5-25-14(2)16(12-21-25)28(26,27)24-10-6-8-19(13-24)9-7-15-11-20-18(23(3)4)22-17(15)19/h11-12H,5-10,13H2,1-4H3. The van der Waals surface area contributed by atoms with Crippen LogP contribution >= 0.6 is 0 Å². The number of anilines is 1. The summed E-state index contributed by atoms with van der Waals surface area (Å²) in [5, 5.41) is 4.24. The Labute approximate surface area is 166 Å². The summed E-state index contributed by atoms with van der Waals surface area (Å²) in [6.45, 7) is 5.46. The topological polar surface area (TPSA) is 84.2 Å². The highest BCUT2D eigenvalue weighted by atomic mass is 32.2. The van der Waals surface area contributed by atoms with Gasteiger partial charge in [-0.25, -0.2) is 18.4 Å². The van der Waals surface area contributed by atoms with Gasteiger partial charge in [0.05, 0.1) is 17.6 Å². The molecule has 1 unspecified atom stereocenters. The first-order valence-corrected chi connectivity index (χ1v) is 11.3. The molecule has 0 saturated carbocycles. The van der Waals surface area contributed by atoms with E-state index in [0.29, 0.717) is 36.2 Å². The van der Waals surface area contributed by atoms with Gasteiger partial charge in [0, 0.05) is 45.3 Å². The summed E-state index contributed by atoms with van der Waals surface area (Å²) in [6, 6.07) is 0. The van der Waals surface area contributed by atoms with Gasteiger partial charge in [-0.3, -0.25) is 4.68 Å². The minimum atomic E-state index is -3.58. The lowest BCUT2D eigenvalue weighted by molar-refractivity contribution is 0.219. The van der Waals surface area contributed by atoms with Crippen molar-refractivity contribution in [1.82, 2.24) is 24.1 Å². The summed E-state index contributed by atoms with van der Waals surface area (Å²) < 4.78 is 30.2. The number of hydrogen-bond acceptors (Lipinski definition) is 6. The molecule has 0 N–H and O–H groups in total. The Balaban J connectivity index is 1.70. The molecular weight excluding hydrogens is 376 g/mol. The van der Waals surface area contributed by atoms with Gasteiger partial charge in [-0.2, -0.15) is 9.40 Å². The Bertz CT molecular complexity index is 996. The molecule has 9 heteroatoms. The number of aryl methyl sites for hydroxylation is 2. The van der Waals surface area contributed by atoms with Crippen molar-refractivity contribution in [2.24, 2.45) is 0 Å². The highest BCUT2D eigenvalue weighted by Crippen LogP contribution is 2.45. The molecule has 4 rings (SSSR count). The third-order valence-corrected chi connectivity index (χ3v) is 8.09. The maximum absolute atomic E-state index is 13.4. The van der Waals surface area contributed by atoms with Crippen LogP contribution in [-0.4, -0.2) is 59.7 Å². The Kier molecular flexibility index (Phi) is 4.70. The van der Waals surface area contributed by atoms with Crippen LogP contribution in [0.25, 0.3) is 0 Å². The van der Waals surface area contributed by atoms with E-state index in [9.17, 15) is 8.42 Å². The Morgan fingerprint density at radius 1 is 1.25 bits per heavy atom. The third kappa shape index (κ3) is 2.91. The Morgan fingerprint density at radius 2 is 2.04 bits per heavy atom. The molecule has 0 bridgehead atoms. The molecule has 1 spiro atoms.